The van der Waals surface area contributed by atoms with Gasteiger partial charge in [-0.25, -0.2) is 4.79 Å². The molecule has 3 aromatic rings. The van der Waals surface area contributed by atoms with Gasteiger partial charge in [-0.2, -0.15) is 0 Å². The van der Waals surface area contributed by atoms with Gasteiger partial charge in [0.2, 0.25) is 0 Å². The number of allylic oxidation sites excluding steroid dienone is 2. The Morgan fingerprint density at radius 3 is 2.42 bits per heavy atom. The molecular formula is C31H35NO4. The number of carboxylic acid groups (broad SMARTS) is 1. The highest BCUT2D eigenvalue weighted by atomic mass is 16.5. The number of nitrogens with zero attached hydrogens (tertiary/aromatic N) is 1. The van der Waals surface area contributed by atoms with Gasteiger partial charge in [0.1, 0.15) is 11.9 Å². The van der Waals surface area contributed by atoms with Crippen molar-refractivity contribution in [3.63, 3.8) is 0 Å². The lowest BCUT2D eigenvalue weighted by Crippen LogP contribution is -2.18. The average Bonchev–Trinajstić information content (AvgIpc) is 2.89. The van der Waals surface area contributed by atoms with E-state index in [4.69, 9.17) is 14.9 Å². The van der Waals surface area contributed by atoms with Crippen LogP contribution in [0.1, 0.15) is 30.0 Å². The highest BCUT2D eigenvalue weighted by Crippen LogP contribution is 2.26. The molecule has 188 valence electrons. The predicted molar refractivity (Wildman–Crippen MR) is 146 cm³/mol. The van der Waals surface area contributed by atoms with Crippen LogP contribution in [0.3, 0.4) is 0 Å². The summed E-state index contributed by atoms with van der Waals surface area (Å²) < 4.78 is 5.79. The van der Waals surface area contributed by atoms with Crippen molar-refractivity contribution in [2.75, 3.05) is 20.2 Å². The first-order valence-corrected chi connectivity index (χ1v) is 12.2. The topological polar surface area (TPSA) is 70.0 Å². The molecule has 4 rings (SSSR count). The van der Waals surface area contributed by atoms with Crippen molar-refractivity contribution in [1.29, 1.82) is 0 Å². The maximum absolute atomic E-state index is 9.45. The maximum Gasteiger partial charge on any atom is 0.332 e. The number of hydrogen-bond acceptors (Lipinski definition) is 4. The Labute approximate surface area is 214 Å². The summed E-state index contributed by atoms with van der Waals surface area (Å²) in [6, 6.07) is 25.8. The molecular weight excluding hydrogens is 450 g/mol. The molecule has 0 saturated heterocycles. The van der Waals surface area contributed by atoms with Gasteiger partial charge in [0, 0.05) is 13.1 Å². The molecule has 0 amide bonds. The number of carbonyl (C=O) groups is 1. The van der Waals surface area contributed by atoms with Crippen molar-refractivity contribution >= 4 is 12.0 Å². The van der Waals surface area contributed by atoms with Gasteiger partial charge in [-0.05, 0) is 60.7 Å². The maximum atomic E-state index is 9.45. The minimum absolute atomic E-state index is 0.844. The molecule has 1 aliphatic heterocycles. The third-order valence-corrected chi connectivity index (χ3v) is 5.76. The number of rotatable bonds is 8. The van der Waals surface area contributed by atoms with Crippen LogP contribution in [0.25, 0.3) is 17.2 Å². The molecule has 0 aliphatic carbocycles. The molecule has 1 unspecified atom stereocenters. The van der Waals surface area contributed by atoms with Gasteiger partial charge in [-0.1, -0.05) is 91.0 Å². The highest BCUT2D eigenvalue weighted by Gasteiger charge is 2.11. The summed E-state index contributed by atoms with van der Waals surface area (Å²) in [5.74, 6) is -0.112. The number of likely N-dealkylation sites (N-methyl/N-ethyl adjacent to an activating group) is 1. The fraction of sp³-hybridized carbons (Fsp3) is 0.258. The van der Waals surface area contributed by atoms with Gasteiger partial charge < -0.3 is 14.9 Å². The van der Waals surface area contributed by atoms with Crippen LogP contribution in [-0.4, -0.2) is 47.4 Å². The molecule has 0 saturated carbocycles. The Morgan fingerprint density at radius 2 is 1.72 bits per heavy atom. The normalized spacial score (nSPS) is 13.7. The summed E-state index contributed by atoms with van der Waals surface area (Å²) >= 11 is 0. The van der Waals surface area contributed by atoms with Crippen LogP contribution in [0.5, 0.6) is 5.75 Å². The number of aliphatic hydroxyl groups excluding tert-OH is 1. The summed E-state index contributed by atoms with van der Waals surface area (Å²) in [6.07, 6.45) is 9.60. The molecule has 36 heavy (non-hydrogen) atoms. The minimum Gasteiger partial charge on any atom is -0.493 e. The Balaban J connectivity index is 0.000000538. The number of aryl methyl sites for hydroxylation is 1. The van der Waals surface area contributed by atoms with Crippen LogP contribution in [-0.2, 0) is 17.8 Å². The van der Waals surface area contributed by atoms with Crippen LogP contribution in [0.15, 0.2) is 91.0 Å². The average molecular weight is 486 g/mol. The van der Waals surface area contributed by atoms with E-state index < -0.39 is 12.1 Å². The monoisotopic (exact) mass is 485 g/mol. The van der Waals surface area contributed by atoms with Crippen molar-refractivity contribution in [1.82, 2.24) is 4.90 Å². The highest BCUT2D eigenvalue weighted by molar-refractivity contribution is 5.71. The number of carboxylic acids is 1. The molecule has 0 fully saturated rings. The lowest BCUT2D eigenvalue weighted by molar-refractivity contribution is -0.145. The fourth-order valence-corrected chi connectivity index (χ4v) is 3.76. The SMILES string of the molecule is CC(O)C(=O)O.CN(C/C=C/C=C/c1ccc(-c2ccccc2)cc1)Cc1ccc2c(c1)OCCC2. The van der Waals surface area contributed by atoms with Crippen LogP contribution < -0.4 is 4.74 Å². The predicted octanol–water partition coefficient (Wildman–Crippen LogP) is 5.83. The molecule has 3 aromatic carbocycles. The largest absolute Gasteiger partial charge is 0.493 e. The smallest absolute Gasteiger partial charge is 0.332 e. The molecule has 1 aliphatic rings. The number of fused-ring (bicyclic) bond motifs is 1. The minimum atomic E-state index is -1.23. The Morgan fingerprint density at radius 1 is 1.03 bits per heavy atom. The number of aliphatic carboxylic acids is 1. The number of hydrogen-bond donors (Lipinski definition) is 2. The standard InChI is InChI=1S/C28H29NO.C3H6O3/c1-29(22-24-15-18-27-12-8-20-30-28(27)21-24)19-7-3-4-9-23-13-16-26(17-14-23)25-10-5-2-6-11-25;1-2(4)3(5)6/h2-7,9-11,13-18,21H,8,12,19-20,22H2,1H3;2,4H,1H3,(H,5,6)/b7-3+,9-4+;. The van der Waals surface area contributed by atoms with E-state index in [0.717, 1.165) is 38.3 Å². The Kier molecular flexibility index (Phi) is 10.5. The summed E-state index contributed by atoms with van der Waals surface area (Å²) in [5, 5.41) is 15.8. The molecule has 0 aromatic heterocycles. The van der Waals surface area contributed by atoms with Crippen molar-refractivity contribution in [2.24, 2.45) is 0 Å². The zero-order valence-corrected chi connectivity index (χ0v) is 21.0. The summed E-state index contributed by atoms with van der Waals surface area (Å²) in [5.41, 5.74) is 6.36. The fourth-order valence-electron chi connectivity index (χ4n) is 3.76. The number of aliphatic hydroxyl groups is 1. The molecule has 0 radical (unpaired) electrons. The Hall–Kier alpha value is -3.67. The van der Waals surface area contributed by atoms with Crippen LogP contribution >= 0.6 is 0 Å². The van der Waals surface area contributed by atoms with Crippen LogP contribution in [0, 0.1) is 0 Å². The molecule has 5 heteroatoms. The molecule has 1 heterocycles. The molecule has 5 nitrogen and oxygen atoms in total. The first-order chi connectivity index (χ1) is 17.4. The van der Waals surface area contributed by atoms with Crippen LogP contribution in [0.2, 0.25) is 0 Å². The second-order valence-electron chi connectivity index (χ2n) is 8.88. The summed E-state index contributed by atoms with van der Waals surface area (Å²) in [7, 11) is 2.15. The van der Waals surface area contributed by atoms with Gasteiger partial charge in [0.25, 0.3) is 0 Å². The summed E-state index contributed by atoms with van der Waals surface area (Å²) in [6.45, 7) is 3.87. The van der Waals surface area contributed by atoms with Gasteiger partial charge in [-0.3, -0.25) is 4.90 Å². The second-order valence-corrected chi connectivity index (χ2v) is 8.88. The van der Waals surface area contributed by atoms with E-state index in [2.05, 4.69) is 103 Å². The van der Waals surface area contributed by atoms with E-state index in [9.17, 15) is 4.79 Å². The Bertz CT molecular complexity index is 1150. The lowest BCUT2D eigenvalue weighted by atomic mass is 10.0. The van der Waals surface area contributed by atoms with Gasteiger partial charge in [0.15, 0.2) is 0 Å². The molecule has 0 bridgehead atoms. The van der Waals surface area contributed by atoms with Crippen molar-refractivity contribution in [3.05, 3.63) is 108 Å². The van der Waals surface area contributed by atoms with Gasteiger partial charge in [-0.15, -0.1) is 0 Å². The number of ether oxygens (including phenoxy) is 1. The van der Waals surface area contributed by atoms with Crippen molar-refractivity contribution < 1.29 is 19.7 Å². The third-order valence-electron chi connectivity index (χ3n) is 5.76. The van der Waals surface area contributed by atoms with Gasteiger partial charge in [0.05, 0.1) is 6.61 Å². The zero-order chi connectivity index (χ0) is 25.8. The van der Waals surface area contributed by atoms with Gasteiger partial charge >= 0.3 is 5.97 Å². The van der Waals surface area contributed by atoms with E-state index in [1.807, 2.05) is 6.07 Å². The molecule has 0 spiro atoms. The van der Waals surface area contributed by atoms with E-state index >= 15 is 0 Å². The zero-order valence-electron chi connectivity index (χ0n) is 21.0. The van der Waals surface area contributed by atoms with E-state index in [0.29, 0.717) is 0 Å². The lowest BCUT2D eigenvalue weighted by Gasteiger charge is -2.20. The molecule has 1 atom stereocenters. The molecule has 2 N–H and O–H groups in total. The van der Waals surface area contributed by atoms with E-state index in [-0.39, 0.29) is 0 Å². The van der Waals surface area contributed by atoms with E-state index in [1.165, 1.54) is 34.7 Å². The van der Waals surface area contributed by atoms with Crippen molar-refractivity contribution in [2.45, 2.75) is 32.4 Å². The van der Waals surface area contributed by atoms with Crippen molar-refractivity contribution in [3.8, 4) is 16.9 Å². The third kappa shape index (κ3) is 8.84. The summed E-state index contributed by atoms with van der Waals surface area (Å²) in [4.78, 5) is 11.8. The first kappa shape index (κ1) is 26.9. The van der Waals surface area contributed by atoms with Crippen LogP contribution in [0.4, 0.5) is 0 Å². The number of benzene rings is 3. The second kappa shape index (κ2) is 14.0. The first-order valence-electron chi connectivity index (χ1n) is 12.2. The van der Waals surface area contributed by atoms with E-state index in [1.54, 1.807) is 0 Å². The quantitative estimate of drug-likeness (QED) is 0.393.